The molecule has 5 nitrogen and oxygen atoms in total. The van der Waals surface area contributed by atoms with Crippen LogP contribution >= 0.6 is 0 Å². The summed E-state index contributed by atoms with van der Waals surface area (Å²) in [6.45, 7) is 6.28. The van der Waals surface area contributed by atoms with Gasteiger partial charge in [-0.2, -0.15) is 5.10 Å². The van der Waals surface area contributed by atoms with Crippen molar-refractivity contribution >= 4 is 9.84 Å². The first kappa shape index (κ1) is 14.5. The van der Waals surface area contributed by atoms with Crippen LogP contribution in [0.25, 0.3) is 0 Å². The maximum atomic E-state index is 11.6. The van der Waals surface area contributed by atoms with Crippen LogP contribution in [-0.4, -0.2) is 29.7 Å². The van der Waals surface area contributed by atoms with Crippen molar-refractivity contribution in [2.75, 3.05) is 11.5 Å². The Kier molecular flexibility index (Phi) is 3.51. The van der Waals surface area contributed by atoms with Crippen molar-refractivity contribution in [3.8, 4) is 0 Å². The number of rotatable bonds is 2. The Balaban J connectivity index is 2.32. The third-order valence-corrected chi connectivity index (χ3v) is 5.50. The second-order valence-corrected chi connectivity index (χ2v) is 8.77. The monoisotopic (exact) mass is 285 g/mol. The SMILES string of the molecule is Cn1cc(C(N)C2CCS(=O)(=O)C2)c(C(C)(C)C)n1. The van der Waals surface area contributed by atoms with E-state index in [4.69, 9.17) is 5.73 Å². The van der Waals surface area contributed by atoms with Gasteiger partial charge in [-0.05, 0) is 12.3 Å². The minimum absolute atomic E-state index is 0.00954. The first-order chi connectivity index (χ1) is 8.60. The molecule has 0 amide bonds. The maximum Gasteiger partial charge on any atom is 0.150 e. The van der Waals surface area contributed by atoms with Crippen molar-refractivity contribution in [1.82, 2.24) is 9.78 Å². The number of aromatic nitrogens is 2. The van der Waals surface area contributed by atoms with Crippen molar-refractivity contribution in [3.05, 3.63) is 17.5 Å². The molecule has 108 valence electrons. The van der Waals surface area contributed by atoms with Gasteiger partial charge in [-0.1, -0.05) is 20.8 Å². The van der Waals surface area contributed by atoms with E-state index in [1.807, 2.05) is 13.2 Å². The van der Waals surface area contributed by atoms with Gasteiger partial charge in [0.2, 0.25) is 0 Å². The normalized spacial score (nSPS) is 24.6. The molecule has 0 radical (unpaired) electrons. The van der Waals surface area contributed by atoms with Gasteiger partial charge < -0.3 is 5.73 Å². The van der Waals surface area contributed by atoms with Crippen LogP contribution in [0.1, 0.15) is 44.5 Å². The van der Waals surface area contributed by atoms with E-state index in [9.17, 15) is 8.42 Å². The lowest BCUT2D eigenvalue weighted by Gasteiger charge is -2.23. The summed E-state index contributed by atoms with van der Waals surface area (Å²) in [5.41, 5.74) is 8.17. The lowest BCUT2D eigenvalue weighted by atomic mass is 9.84. The highest BCUT2D eigenvalue weighted by Gasteiger charge is 2.35. The molecular weight excluding hydrogens is 262 g/mol. The fourth-order valence-corrected chi connectivity index (χ4v) is 4.55. The number of sulfone groups is 1. The van der Waals surface area contributed by atoms with Crippen molar-refractivity contribution < 1.29 is 8.42 Å². The van der Waals surface area contributed by atoms with Crippen molar-refractivity contribution in [3.63, 3.8) is 0 Å². The largest absolute Gasteiger partial charge is 0.324 e. The van der Waals surface area contributed by atoms with Crippen LogP contribution in [0.2, 0.25) is 0 Å². The molecule has 1 aliphatic rings. The minimum Gasteiger partial charge on any atom is -0.324 e. The summed E-state index contributed by atoms with van der Waals surface area (Å²) in [4.78, 5) is 0. The third kappa shape index (κ3) is 3.00. The number of hydrogen-bond acceptors (Lipinski definition) is 4. The Hall–Kier alpha value is -0.880. The van der Waals surface area contributed by atoms with Crippen LogP contribution in [-0.2, 0) is 22.3 Å². The Labute approximate surface area is 115 Å². The van der Waals surface area contributed by atoms with E-state index in [-0.39, 0.29) is 28.9 Å². The molecule has 0 saturated carbocycles. The summed E-state index contributed by atoms with van der Waals surface area (Å²) in [7, 11) is -1.03. The van der Waals surface area contributed by atoms with Gasteiger partial charge in [0.15, 0.2) is 9.84 Å². The quantitative estimate of drug-likeness (QED) is 0.884. The number of nitrogens with two attached hydrogens (primary N) is 1. The van der Waals surface area contributed by atoms with Crippen molar-refractivity contribution in [2.45, 2.75) is 38.6 Å². The smallest absolute Gasteiger partial charge is 0.150 e. The summed E-state index contributed by atoms with van der Waals surface area (Å²) >= 11 is 0. The molecule has 0 aromatic carbocycles. The Morgan fingerprint density at radius 1 is 1.47 bits per heavy atom. The molecule has 0 spiro atoms. The second kappa shape index (κ2) is 4.59. The number of hydrogen-bond donors (Lipinski definition) is 1. The predicted molar refractivity (Wildman–Crippen MR) is 75.6 cm³/mol. The van der Waals surface area contributed by atoms with Crippen molar-refractivity contribution in [1.29, 1.82) is 0 Å². The molecule has 2 unspecified atom stereocenters. The molecule has 6 heteroatoms. The summed E-state index contributed by atoms with van der Waals surface area (Å²) in [5.74, 6) is 0.471. The minimum atomic E-state index is -2.90. The first-order valence-electron chi connectivity index (χ1n) is 6.60. The van der Waals surface area contributed by atoms with Crippen molar-refractivity contribution in [2.24, 2.45) is 18.7 Å². The van der Waals surface area contributed by atoms with Crippen LogP contribution < -0.4 is 5.73 Å². The maximum absolute atomic E-state index is 11.6. The standard InChI is InChI=1S/C13H23N3O2S/c1-13(2,3)12-10(7-16(4)15-12)11(14)9-5-6-19(17,18)8-9/h7,9,11H,5-6,8,14H2,1-4H3. The van der Waals surface area contributed by atoms with E-state index in [0.29, 0.717) is 6.42 Å². The highest BCUT2D eigenvalue weighted by atomic mass is 32.2. The number of aryl methyl sites for hydroxylation is 1. The molecule has 2 heterocycles. The molecule has 1 saturated heterocycles. The molecule has 19 heavy (non-hydrogen) atoms. The molecule has 0 aliphatic carbocycles. The molecular formula is C13H23N3O2S. The molecule has 1 fully saturated rings. The molecule has 2 atom stereocenters. The van der Waals surface area contributed by atoms with Crippen LogP contribution in [0.4, 0.5) is 0 Å². The highest BCUT2D eigenvalue weighted by molar-refractivity contribution is 7.91. The fourth-order valence-electron chi connectivity index (χ4n) is 2.69. The summed E-state index contributed by atoms with van der Waals surface area (Å²) in [6, 6.07) is -0.250. The topological polar surface area (TPSA) is 78.0 Å². The van der Waals surface area contributed by atoms with Gasteiger partial charge in [-0.25, -0.2) is 8.42 Å². The molecule has 2 N–H and O–H groups in total. The molecule has 1 aliphatic heterocycles. The fraction of sp³-hybridized carbons (Fsp3) is 0.769. The van der Waals surface area contributed by atoms with E-state index in [0.717, 1.165) is 11.3 Å². The molecule has 0 bridgehead atoms. The van der Waals surface area contributed by atoms with Gasteiger partial charge in [-0.15, -0.1) is 0 Å². The van der Waals surface area contributed by atoms with Gasteiger partial charge in [-0.3, -0.25) is 4.68 Å². The van der Waals surface area contributed by atoms with Gasteiger partial charge >= 0.3 is 0 Å². The summed E-state index contributed by atoms with van der Waals surface area (Å²) < 4.78 is 24.9. The second-order valence-electron chi connectivity index (χ2n) is 6.55. The summed E-state index contributed by atoms with van der Waals surface area (Å²) in [5, 5.41) is 4.50. The lowest BCUT2D eigenvalue weighted by Crippen LogP contribution is -2.26. The average molecular weight is 285 g/mol. The summed E-state index contributed by atoms with van der Waals surface area (Å²) in [6.07, 6.45) is 2.58. The molecule has 1 aromatic rings. The number of nitrogens with zero attached hydrogens (tertiary/aromatic N) is 2. The van der Waals surface area contributed by atoms with E-state index in [2.05, 4.69) is 25.9 Å². The van der Waals surface area contributed by atoms with Crippen LogP contribution in [0.15, 0.2) is 6.20 Å². The van der Waals surface area contributed by atoms with Gasteiger partial charge in [0.1, 0.15) is 0 Å². The molecule has 2 rings (SSSR count). The van der Waals surface area contributed by atoms with Crippen LogP contribution in [0.5, 0.6) is 0 Å². The van der Waals surface area contributed by atoms with Crippen LogP contribution in [0, 0.1) is 5.92 Å². The Bertz CT molecular complexity index is 569. The molecule has 1 aromatic heterocycles. The third-order valence-electron chi connectivity index (χ3n) is 3.70. The van der Waals surface area contributed by atoms with Gasteiger partial charge in [0, 0.05) is 30.3 Å². The zero-order chi connectivity index (χ0) is 14.4. The van der Waals surface area contributed by atoms with E-state index in [1.165, 1.54) is 0 Å². The van der Waals surface area contributed by atoms with E-state index in [1.54, 1.807) is 4.68 Å². The predicted octanol–water partition coefficient (Wildman–Crippen LogP) is 1.15. The lowest BCUT2D eigenvalue weighted by molar-refractivity contribution is 0.464. The van der Waals surface area contributed by atoms with E-state index >= 15 is 0 Å². The Morgan fingerprint density at radius 3 is 2.58 bits per heavy atom. The highest BCUT2D eigenvalue weighted by Crippen LogP contribution is 2.34. The van der Waals surface area contributed by atoms with Gasteiger partial charge in [0.25, 0.3) is 0 Å². The average Bonchev–Trinajstić information content (AvgIpc) is 2.80. The zero-order valence-electron chi connectivity index (χ0n) is 12.0. The zero-order valence-corrected chi connectivity index (χ0v) is 12.9. The van der Waals surface area contributed by atoms with Crippen LogP contribution in [0.3, 0.4) is 0 Å². The van der Waals surface area contributed by atoms with E-state index < -0.39 is 9.84 Å². The Morgan fingerprint density at radius 2 is 2.11 bits per heavy atom. The van der Waals surface area contributed by atoms with Gasteiger partial charge in [0.05, 0.1) is 17.2 Å². The first-order valence-corrected chi connectivity index (χ1v) is 8.42.